The Balaban J connectivity index is 1.26. The van der Waals surface area contributed by atoms with Gasteiger partial charge in [-0.05, 0) is 36.8 Å². The van der Waals surface area contributed by atoms with Crippen molar-refractivity contribution in [2.75, 3.05) is 19.7 Å². The number of H-pyrrole nitrogens is 1. The van der Waals surface area contributed by atoms with E-state index in [4.69, 9.17) is 4.74 Å². The van der Waals surface area contributed by atoms with E-state index in [1.54, 1.807) is 0 Å². The maximum atomic E-state index is 12.7. The molecule has 2 aliphatic rings. The molecule has 2 atom stereocenters. The van der Waals surface area contributed by atoms with Crippen LogP contribution in [0.25, 0.3) is 0 Å². The number of aromatic nitrogens is 2. The van der Waals surface area contributed by atoms with Crippen LogP contribution in [-0.4, -0.2) is 53.0 Å². The Labute approximate surface area is 153 Å². The first-order valence-corrected chi connectivity index (χ1v) is 9.50. The molecule has 2 heterocycles. The lowest BCUT2D eigenvalue weighted by atomic mass is 9.94. The zero-order chi connectivity index (χ0) is 17.8. The number of urea groups is 1. The number of benzene rings is 1. The first-order valence-electron chi connectivity index (χ1n) is 9.50. The van der Waals surface area contributed by atoms with Crippen LogP contribution >= 0.6 is 0 Å². The zero-order valence-corrected chi connectivity index (χ0v) is 15.0. The van der Waals surface area contributed by atoms with E-state index in [1.165, 1.54) is 11.1 Å². The van der Waals surface area contributed by atoms with Crippen LogP contribution in [0.5, 0.6) is 0 Å². The molecular weight excluding hydrogens is 328 g/mol. The van der Waals surface area contributed by atoms with Gasteiger partial charge in [-0.3, -0.25) is 5.10 Å². The fourth-order valence-electron chi connectivity index (χ4n) is 3.85. The van der Waals surface area contributed by atoms with Gasteiger partial charge in [0.05, 0.1) is 18.9 Å². The number of carbonyl (C=O) groups is 1. The number of nitrogens with zero attached hydrogens (tertiary/aromatic N) is 2. The minimum atomic E-state index is 0.0333. The van der Waals surface area contributed by atoms with Crippen LogP contribution in [0, 0.1) is 0 Å². The topological polar surface area (TPSA) is 70.2 Å². The number of ether oxygens (including phenoxy) is 1. The first-order chi connectivity index (χ1) is 12.8. The third kappa shape index (κ3) is 4.07. The summed E-state index contributed by atoms with van der Waals surface area (Å²) >= 11 is 0. The third-order valence-corrected chi connectivity index (χ3v) is 5.37. The molecule has 26 heavy (non-hydrogen) atoms. The molecule has 1 fully saturated rings. The van der Waals surface area contributed by atoms with Crippen LogP contribution in [0.1, 0.15) is 29.7 Å². The van der Waals surface area contributed by atoms with Gasteiger partial charge in [-0.2, -0.15) is 5.10 Å². The van der Waals surface area contributed by atoms with Crippen molar-refractivity contribution in [1.29, 1.82) is 0 Å². The summed E-state index contributed by atoms with van der Waals surface area (Å²) in [5.74, 6) is 0. The molecule has 0 bridgehead atoms. The summed E-state index contributed by atoms with van der Waals surface area (Å²) in [5.41, 5.74) is 3.75. The summed E-state index contributed by atoms with van der Waals surface area (Å²) in [4.78, 5) is 14.6. The Morgan fingerprint density at radius 3 is 3.12 bits per heavy atom. The van der Waals surface area contributed by atoms with Crippen molar-refractivity contribution in [3.63, 3.8) is 0 Å². The lowest BCUT2D eigenvalue weighted by Gasteiger charge is -2.34. The predicted molar refractivity (Wildman–Crippen MR) is 99.0 cm³/mol. The Kier molecular flexibility index (Phi) is 5.20. The number of hydrogen-bond acceptors (Lipinski definition) is 3. The van der Waals surface area contributed by atoms with Crippen molar-refractivity contribution in [2.24, 2.45) is 0 Å². The van der Waals surface area contributed by atoms with Gasteiger partial charge in [0.2, 0.25) is 0 Å². The fraction of sp³-hybridized carbons (Fsp3) is 0.500. The Bertz CT molecular complexity index is 730. The van der Waals surface area contributed by atoms with E-state index < -0.39 is 0 Å². The molecule has 138 valence electrons. The van der Waals surface area contributed by atoms with Gasteiger partial charge in [-0.1, -0.05) is 30.3 Å². The van der Waals surface area contributed by atoms with Gasteiger partial charge < -0.3 is 15.0 Å². The molecule has 1 aromatic carbocycles. The minimum absolute atomic E-state index is 0.0333. The lowest BCUT2D eigenvalue weighted by molar-refractivity contribution is -0.0180. The molecule has 2 unspecified atom stereocenters. The molecule has 2 N–H and O–H groups in total. The quantitative estimate of drug-likeness (QED) is 0.885. The minimum Gasteiger partial charge on any atom is -0.375 e. The van der Waals surface area contributed by atoms with Crippen molar-refractivity contribution in [3.05, 3.63) is 53.3 Å². The van der Waals surface area contributed by atoms with Crippen molar-refractivity contribution in [1.82, 2.24) is 20.4 Å². The predicted octanol–water partition coefficient (Wildman–Crippen LogP) is 2.31. The molecule has 2 amide bonds. The fourth-order valence-corrected chi connectivity index (χ4v) is 3.85. The summed E-state index contributed by atoms with van der Waals surface area (Å²) in [6.07, 6.45) is 6.70. The molecule has 1 aromatic heterocycles. The second-order valence-corrected chi connectivity index (χ2v) is 7.23. The molecule has 0 radical (unpaired) electrons. The summed E-state index contributed by atoms with van der Waals surface area (Å²) in [6.45, 7) is 1.94. The summed E-state index contributed by atoms with van der Waals surface area (Å²) in [7, 11) is 0. The number of morpholine rings is 1. The summed E-state index contributed by atoms with van der Waals surface area (Å²) in [6, 6.07) is 10.6. The van der Waals surface area contributed by atoms with Crippen LogP contribution in [0.2, 0.25) is 0 Å². The molecule has 6 nitrogen and oxygen atoms in total. The summed E-state index contributed by atoms with van der Waals surface area (Å²) < 4.78 is 5.87. The largest absolute Gasteiger partial charge is 0.375 e. The average molecular weight is 354 g/mol. The van der Waals surface area contributed by atoms with E-state index >= 15 is 0 Å². The smallest absolute Gasteiger partial charge is 0.317 e. The number of aryl methyl sites for hydroxylation is 2. The standard InChI is InChI=1S/C20H26N4O2/c25-20(22-17-8-7-16-13-21-23-19(16)12-17)24-10-11-26-18(14-24)9-6-15-4-2-1-3-5-15/h1-5,13,17-18H,6-12,14H2,(H,21,23)(H,22,25). The SMILES string of the molecule is O=C(NC1CCc2cn[nH]c2C1)N1CCOC(CCc2ccccc2)C1. The van der Waals surface area contributed by atoms with Gasteiger partial charge in [0, 0.05) is 31.2 Å². The normalized spacial score (nSPS) is 22.7. The van der Waals surface area contributed by atoms with Gasteiger partial charge in [0.1, 0.15) is 0 Å². The van der Waals surface area contributed by atoms with Crippen molar-refractivity contribution in [2.45, 2.75) is 44.2 Å². The van der Waals surface area contributed by atoms with E-state index in [1.807, 2.05) is 17.2 Å². The Morgan fingerprint density at radius 1 is 1.35 bits per heavy atom. The van der Waals surface area contributed by atoms with Gasteiger partial charge in [0.25, 0.3) is 0 Å². The number of nitrogens with one attached hydrogen (secondary N) is 2. The number of amides is 2. The van der Waals surface area contributed by atoms with E-state index in [2.05, 4.69) is 39.8 Å². The molecule has 1 aliphatic carbocycles. The van der Waals surface area contributed by atoms with Gasteiger partial charge in [-0.25, -0.2) is 4.79 Å². The van der Waals surface area contributed by atoms with E-state index in [-0.39, 0.29) is 18.2 Å². The lowest BCUT2D eigenvalue weighted by Crippen LogP contribution is -2.52. The first kappa shape index (κ1) is 17.1. The molecule has 1 saturated heterocycles. The van der Waals surface area contributed by atoms with E-state index in [9.17, 15) is 4.79 Å². The molecular formula is C20H26N4O2. The second kappa shape index (κ2) is 7.91. The van der Waals surface area contributed by atoms with Crippen molar-refractivity contribution < 1.29 is 9.53 Å². The molecule has 0 saturated carbocycles. The van der Waals surface area contributed by atoms with Crippen LogP contribution < -0.4 is 5.32 Å². The maximum Gasteiger partial charge on any atom is 0.317 e. The molecule has 4 rings (SSSR count). The highest BCUT2D eigenvalue weighted by Gasteiger charge is 2.27. The molecule has 0 spiro atoms. The molecule has 1 aliphatic heterocycles. The Hall–Kier alpha value is -2.34. The van der Waals surface area contributed by atoms with Crippen LogP contribution in [0.3, 0.4) is 0 Å². The van der Waals surface area contributed by atoms with Gasteiger partial charge in [0.15, 0.2) is 0 Å². The van der Waals surface area contributed by atoms with E-state index in [0.717, 1.165) is 37.8 Å². The monoisotopic (exact) mass is 354 g/mol. The number of carbonyl (C=O) groups excluding carboxylic acids is 1. The highest BCUT2D eigenvalue weighted by atomic mass is 16.5. The number of rotatable bonds is 4. The third-order valence-electron chi connectivity index (χ3n) is 5.37. The zero-order valence-electron chi connectivity index (χ0n) is 15.0. The highest BCUT2D eigenvalue weighted by molar-refractivity contribution is 5.74. The van der Waals surface area contributed by atoms with Crippen molar-refractivity contribution >= 4 is 6.03 Å². The van der Waals surface area contributed by atoms with Crippen LogP contribution in [0.15, 0.2) is 36.5 Å². The highest BCUT2D eigenvalue weighted by Crippen LogP contribution is 2.19. The molecule has 2 aromatic rings. The van der Waals surface area contributed by atoms with Crippen LogP contribution in [0.4, 0.5) is 4.79 Å². The number of fused-ring (bicyclic) bond motifs is 1. The maximum absolute atomic E-state index is 12.7. The average Bonchev–Trinajstić information content (AvgIpc) is 3.15. The number of hydrogen-bond donors (Lipinski definition) is 2. The van der Waals surface area contributed by atoms with Gasteiger partial charge >= 0.3 is 6.03 Å². The second-order valence-electron chi connectivity index (χ2n) is 7.23. The van der Waals surface area contributed by atoms with Crippen LogP contribution in [-0.2, 0) is 24.0 Å². The van der Waals surface area contributed by atoms with Crippen molar-refractivity contribution in [3.8, 4) is 0 Å². The molecule has 6 heteroatoms. The number of aromatic amines is 1. The van der Waals surface area contributed by atoms with E-state index in [0.29, 0.717) is 19.7 Å². The Morgan fingerprint density at radius 2 is 2.23 bits per heavy atom. The summed E-state index contributed by atoms with van der Waals surface area (Å²) in [5, 5.41) is 10.3. The van der Waals surface area contributed by atoms with Gasteiger partial charge in [-0.15, -0.1) is 0 Å².